The summed E-state index contributed by atoms with van der Waals surface area (Å²) in [4.78, 5) is 23.1. The molecular weight excluding hydrogens is 246 g/mol. The Kier molecular flexibility index (Phi) is 3.48. The van der Waals surface area contributed by atoms with Gasteiger partial charge in [0.1, 0.15) is 0 Å². The van der Waals surface area contributed by atoms with Gasteiger partial charge in [0.2, 0.25) is 5.91 Å². The molecule has 2 heterocycles. The molecule has 1 amide bonds. The molecule has 0 aromatic heterocycles. The summed E-state index contributed by atoms with van der Waals surface area (Å²) in [7, 11) is 0. The monoisotopic (exact) mass is 267 g/mol. The second-order valence-electron chi connectivity index (χ2n) is 6.11. The number of ether oxygens (including phenoxy) is 1. The number of amides is 1. The minimum absolute atomic E-state index is 0.00488. The average Bonchev–Trinajstić information content (AvgIpc) is 3.01. The Morgan fingerprint density at radius 2 is 1.68 bits per heavy atom. The fraction of sp³-hybridized carbons (Fsp3) is 0.857. The number of carbonyl (C=O) groups excluding carboxylic acids is 1. The van der Waals surface area contributed by atoms with E-state index in [2.05, 4.69) is 5.32 Å². The molecular formula is C14H21NO4. The molecule has 2 aliphatic heterocycles. The van der Waals surface area contributed by atoms with Crippen molar-refractivity contribution in [1.82, 2.24) is 5.32 Å². The first-order valence-electron chi connectivity index (χ1n) is 7.32. The van der Waals surface area contributed by atoms with Gasteiger partial charge in [-0.05, 0) is 44.9 Å². The van der Waals surface area contributed by atoms with Crippen molar-refractivity contribution in [3.05, 3.63) is 0 Å². The molecule has 3 aliphatic rings. The van der Waals surface area contributed by atoms with Crippen molar-refractivity contribution in [2.45, 2.75) is 63.2 Å². The Morgan fingerprint density at radius 1 is 1.00 bits per heavy atom. The maximum Gasteiger partial charge on any atom is 0.306 e. The third kappa shape index (κ3) is 2.61. The lowest BCUT2D eigenvalue weighted by atomic mass is 9.81. The molecule has 1 saturated carbocycles. The first-order chi connectivity index (χ1) is 9.13. The molecule has 5 nitrogen and oxygen atoms in total. The van der Waals surface area contributed by atoms with Crippen LogP contribution in [0, 0.1) is 11.8 Å². The quantitative estimate of drug-likeness (QED) is 0.808. The van der Waals surface area contributed by atoms with Gasteiger partial charge in [-0.2, -0.15) is 0 Å². The van der Waals surface area contributed by atoms with E-state index in [9.17, 15) is 9.59 Å². The average molecular weight is 267 g/mol. The van der Waals surface area contributed by atoms with Gasteiger partial charge in [-0.15, -0.1) is 0 Å². The van der Waals surface area contributed by atoms with Crippen molar-refractivity contribution in [1.29, 1.82) is 0 Å². The first kappa shape index (κ1) is 12.9. The largest absolute Gasteiger partial charge is 0.481 e. The zero-order valence-corrected chi connectivity index (χ0v) is 11.0. The van der Waals surface area contributed by atoms with Gasteiger partial charge in [0.25, 0.3) is 0 Å². The lowest BCUT2D eigenvalue weighted by Crippen LogP contribution is -2.45. The van der Waals surface area contributed by atoms with E-state index in [1.807, 2.05) is 0 Å². The van der Waals surface area contributed by atoms with Crippen LogP contribution < -0.4 is 5.32 Å². The number of hydrogen-bond donors (Lipinski definition) is 2. The second kappa shape index (κ2) is 5.12. The third-order valence-electron chi connectivity index (χ3n) is 4.88. The van der Waals surface area contributed by atoms with Crippen LogP contribution in [0.1, 0.15) is 44.9 Å². The smallest absolute Gasteiger partial charge is 0.306 e. The molecule has 2 N–H and O–H groups in total. The van der Waals surface area contributed by atoms with Gasteiger partial charge in [-0.3, -0.25) is 9.59 Å². The number of rotatable bonds is 3. The molecule has 0 spiro atoms. The topological polar surface area (TPSA) is 75.6 Å². The molecule has 3 atom stereocenters. The number of carboxylic acids is 1. The fourth-order valence-electron chi connectivity index (χ4n) is 3.69. The molecule has 5 heteroatoms. The molecule has 2 saturated heterocycles. The second-order valence-corrected chi connectivity index (χ2v) is 6.11. The van der Waals surface area contributed by atoms with Crippen molar-refractivity contribution in [3.8, 4) is 0 Å². The molecule has 3 rings (SSSR count). The van der Waals surface area contributed by atoms with E-state index in [1.54, 1.807) is 0 Å². The molecule has 0 aromatic carbocycles. The van der Waals surface area contributed by atoms with Gasteiger partial charge in [0.15, 0.2) is 0 Å². The van der Waals surface area contributed by atoms with Crippen LogP contribution in [-0.2, 0) is 14.3 Å². The number of carboxylic acid groups (broad SMARTS) is 1. The zero-order valence-electron chi connectivity index (χ0n) is 11.0. The van der Waals surface area contributed by atoms with Crippen molar-refractivity contribution >= 4 is 11.9 Å². The van der Waals surface area contributed by atoms with Gasteiger partial charge in [-0.25, -0.2) is 0 Å². The molecule has 3 fully saturated rings. The van der Waals surface area contributed by atoms with Gasteiger partial charge >= 0.3 is 5.97 Å². The van der Waals surface area contributed by atoms with Gasteiger partial charge in [0, 0.05) is 5.92 Å². The van der Waals surface area contributed by atoms with Crippen LogP contribution in [0.2, 0.25) is 0 Å². The van der Waals surface area contributed by atoms with E-state index in [1.165, 1.54) is 0 Å². The van der Waals surface area contributed by atoms with Crippen LogP contribution in [0.5, 0.6) is 0 Å². The first-order valence-corrected chi connectivity index (χ1v) is 7.32. The summed E-state index contributed by atoms with van der Waals surface area (Å²) in [5.74, 6) is -0.880. The van der Waals surface area contributed by atoms with E-state index in [4.69, 9.17) is 9.84 Å². The molecule has 106 valence electrons. The van der Waals surface area contributed by atoms with Crippen LogP contribution in [0.25, 0.3) is 0 Å². The molecule has 0 aromatic rings. The number of fused-ring (bicyclic) bond motifs is 2. The summed E-state index contributed by atoms with van der Waals surface area (Å²) >= 11 is 0. The lowest BCUT2D eigenvalue weighted by Gasteiger charge is -2.28. The summed E-state index contributed by atoms with van der Waals surface area (Å²) in [6.45, 7) is 0. The van der Waals surface area contributed by atoms with Crippen molar-refractivity contribution in [2.24, 2.45) is 11.8 Å². The van der Waals surface area contributed by atoms with Crippen molar-refractivity contribution in [2.75, 3.05) is 0 Å². The van der Waals surface area contributed by atoms with E-state index < -0.39 is 5.97 Å². The number of hydrogen-bond acceptors (Lipinski definition) is 3. The Labute approximate surface area is 112 Å². The van der Waals surface area contributed by atoms with Crippen molar-refractivity contribution < 1.29 is 19.4 Å². The van der Waals surface area contributed by atoms with E-state index in [0.29, 0.717) is 31.8 Å². The summed E-state index contributed by atoms with van der Waals surface area (Å²) < 4.78 is 5.73. The Morgan fingerprint density at radius 3 is 2.21 bits per heavy atom. The molecule has 19 heavy (non-hydrogen) atoms. The fourth-order valence-corrected chi connectivity index (χ4v) is 3.69. The predicted octanol–water partition coefficient (Wildman–Crippen LogP) is 1.31. The molecule has 1 aliphatic carbocycles. The van der Waals surface area contributed by atoms with Gasteiger partial charge < -0.3 is 15.2 Å². The van der Waals surface area contributed by atoms with E-state index in [-0.39, 0.29) is 29.9 Å². The molecule has 3 unspecified atom stereocenters. The summed E-state index contributed by atoms with van der Waals surface area (Å²) in [5, 5.41) is 12.1. The highest BCUT2D eigenvalue weighted by Crippen LogP contribution is 2.35. The van der Waals surface area contributed by atoms with Crippen molar-refractivity contribution in [3.63, 3.8) is 0 Å². The highest BCUT2D eigenvalue weighted by molar-refractivity contribution is 5.79. The standard InChI is InChI=1S/C14H21NO4/c16-13(8-1-3-9(4-2-8)14(17)18)15-11-7-10-5-6-12(11)19-10/h8-12H,1-7H2,(H,15,16)(H,17,18). The van der Waals surface area contributed by atoms with E-state index in [0.717, 1.165) is 19.3 Å². The Hall–Kier alpha value is -1.10. The number of carbonyl (C=O) groups is 2. The summed E-state index contributed by atoms with van der Waals surface area (Å²) in [6, 6.07) is 0.184. The maximum absolute atomic E-state index is 12.2. The lowest BCUT2D eigenvalue weighted by molar-refractivity contribution is -0.144. The highest BCUT2D eigenvalue weighted by Gasteiger charge is 2.42. The maximum atomic E-state index is 12.2. The predicted molar refractivity (Wildman–Crippen MR) is 67.5 cm³/mol. The van der Waals surface area contributed by atoms with Crippen LogP contribution in [0.15, 0.2) is 0 Å². The van der Waals surface area contributed by atoms with E-state index >= 15 is 0 Å². The zero-order chi connectivity index (χ0) is 13.4. The third-order valence-corrected chi connectivity index (χ3v) is 4.88. The number of aliphatic carboxylic acids is 1. The minimum atomic E-state index is -0.722. The van der Waals surface area contributed by atoms with Crippen LogP contribution in [-0.4, -0.2) is 35.2 Å². The van der Waals surface area contributed by atoms with Gasteiger partial charge in [0.05, 0.1) is 24.2 Å². The minimum Gasteiger partial charge on any atom is -0.481 e. The molecule has 0 radical (unpaired) electrons. The highest BCUT2D eigenvalue weighted by atomic mass is 16.5. The summed E-state index contributed by atoms with van der Waals surface area (Å²) in [6.07, 6.45) is 6.33. The molecule has 2 bridgehead atoms. The van der Waals surface area contributed by atoms with Crippen LogP contribution in [0.4, 0.5) is 0 Å². The van der Waals surface area contributed by atoms with Gasteiger partial charge in [-0.1, -0.05) is 0 Å². The number of nitrogens with one attached hydrogen (secondary N) is 1. The SMILES string of the molecule is O=C(O)C1CCC(C(=O)NC2CC3CCC2O3)CC1. The van der Waals surface area contributed by atoms with Crippen LogP contribution in [0.3, 0.4) is 0 Å². The Balaban J connectivity index is 1.48. The summed E-state index contributed by atoms with van der Waals surface area (Å²) in [5.41, 5.74) is 0. The normalized spacial score (nSPS) is 41.2. The Bertz CT molecular complexity index is 376. The van der Waals surface area contributed by atoms with Crippen LogP contribution >= 0.6 is 0 Å².